The standard InChI is InChI=1S/C11H10F3NO/c1-15-7-6-8-4-3-5-9(10(8)16-2)11(12,13)14/h3-5H,6-7H2,2H3. The third-order valence-electron chi connectivity index (χ3n) is 2.10. The molecule has 0 aromatic heterocycles. The Morgan fingerprint density at radius 1 is 1.38 bits per heavy atom. The molecule has 0 aliphatic carbocycles. The van der Waals surface area contributed by atoms with E-state index in [1.807, 2.05) is 0 Å². The molecule has 0 aliphatic rings. The number of methoxy groups -OCH3 is 1. The minimum atomic E-state index is -4.43. The molecule has 86 valence electrons. The Hall–Kier alpha value is -1.70. The molecule has 0 atom stereocenters. The Labute approximate surface area is 91.5 Å². The first-order valence-corrected chi connectivity index (χ1v) is 4.57. The molecule has 16 heavy (non-hydrogen) atoms. The predicted octanol–water partition coefficient (Wildman–Crippen LogP) is 3.18. The lowest BCUT2D eigenvalue weighted by atomic mass is 10.1. The van der Waals surface area contributed by atoms with Crippen molar-refractivity contribution >= 4 is 0 Å². The van der Waals surface area contributed by atoms with Crippen LogP contribution in [0.15, 0.2) is 18.2 Å². The third-order valence-corrected chi connectivity index (χ3v) is 2.10. The van der Waals surface area contributed by atoms with Gasteiger partial charge in [-0.05, 0) is 6.07 Å². The summed E-state index contributed by atoms with van der Waals surface area (Å²) >= 11 is 0. The first-order valence-electron chi connectivity index (χ1n) is 4.57. The molecule has 1 rings (SSSR count). The largest absolute Gasteiger partial charge is 0.496 e. The molecule has 2 nitrogen and oxygen atoms in total. The van der Waals surface area contributed by atoms with Gasteiger partial charge in [0, 0.05) is 12.0 Å². The molecule has 1 aromatic carbocycles. The summed E-state index contributed by atoms with van der Waals surface area (Å²) in [4.78, 5) is 3.11. The normalized spacial score (nSPS) is 10.9. The van der Waals surface area contributed by atoms with E-state index in [4.69, 9.17) is 11.3 Å². The molecule has 0 N–H and O–H groups in total. The van der Waals surface area contributed by atoms with Crippen LogP contribution in [0.2, 0.25) is 0 Å². The molecule has 0 fully saturated rings. The van der Waals surface area contributed by atoms with Crippen molar-refractivity contribution < 1.29 is 17.9 Å². The summed E-state index contributed by atoms with van der Waals surface area (Å²) in [5.74, 6) is -0.182. The van der Waals surface area contributed by atoms with Gasteiger partial charge >= 0.3 is 6.18 Å². The fraction of sp³-hybridized carbons (Fsp3) is 0.364. The number of hydrogen-bond donors (Lipinski definition) is 0. The number of nitrogens with zero attached hydrogens (tertiary/aromatic N) is 1. The van der Waals surface area contributed by atoms with E-state index in [1.54, 1.807) is 6.07 Å². The highest BCUT2D eigenvalue weighted by Crippen LogP contribution is 2.38. The van der Waals surface area contributed by atoms with Gasteiger partial charge in [-0.25, -0.2) is 6.57 Å². The SMILES string of the molecule is [C-]#[N+]CCc1cccc(C(F)(F)F)c1OC. The minimum absolute atomic E-state index is 0.150. The van der Waals surface area contributed by atoms with E-state index in [-0.39, 0.29) is 18.7 Å². The number of ether oxygens (including phenoxy) is 1. The number of alkyl halides is 3. The zero-order valence-corrected chi connectivity index (χ0v) is 8.64. The van der Waals surface area contributed by atoms with E-state index >= 15 is 0 Å². The van der Waals surface area contributed by atoms with Crippen molar-refractivity contribution in [2.45, 2.75) is 12.6 Å². The molecule has 1 aromatic rings. The van der Waals surface area contributed by atoms with Crippen LogP contribution in [-0.4, -0.2) is 13.7 Å². The van der Waals surface area contributed by atoms with Crippen LogP contribution in [0.25, 0.3) is 4.85 Å². The third kappa shape index (κ3) is 2.66. The molecule has 0 saturated carbocycles. The maximum atomic E-state index is 12.6. The van der Waals surface area contributed by atoms with E-state index in [0.29, 0.717) is 5.56 Å². The molecule has 0 heterocycles. The van der Waals surface area contributed by atoms with Gasteiger partial charge in [-0.2, -0.15) is 13.2 Å². The van der Waals surface area contributed by atoms with Crippen molar-refractivity contribution in [2.75, 3.05) is 13.7 Å². The second-order valence-electron chi connectivity index (χ2n) is 3.13. The summed E-state index contributed by atoms with van der Waals surface area (Å²) in [5.41, 5.74) is -0.384. The number of para-hydroxylation sites is 1. The van der Waals surface area contributed by atoms with Crippen LogP contribution in [0.4, 0.5) is 13.2 Å². The quantitative estimate of drug-likeness (QED) is 0.726. The Morgan fingerprint density at radius 3 is 2.56 bits per heavy atom. The fourth-order valence-electron chi connectivity index (χ4n) is 1.42. The zero-order chi connectivity index (χ0) is 12.2. The van der Waals surface area contributed by atoms with Crippen molar-refractivity contribution in [2.24, 2.45) is 0 Å². The smallest absolute Gasteiger partial charge is 0.419 e. The molecule has 0 amide bonds. The van der Waals surface area contributed by atoms with Crippen molar-refractivity contribution in [3.05, 3.63) is 40.7 Å². The Bertz CT molecular complexity index is 407. The lowest BCUT2D eigenvalue weighted by Gasteiger charge is -2.14. The molecular formula is C11H10F3NO. The average Bonchev–Trinajstić information content (AvgIpc) is 2.24. The van der Waals surface area contributed by atoms with Gasteiger partial charge in [0.15, 0.2) is 0 Å². The summed E-state index contributed by atoms with van der Waals surface area (Å²) in [7, 11) is 1.20. The van der Waals surface area contributed by atoms with Crippen LogP contribution in [0.3, 0.4) is 0 Å². The lowest BCUT2D eigenvalue weighted by Crippen LogP contribution is -2.09. The number of benzene rings is 1. The van der Waals surface area contributed by atoms with Crippen LogP contribution in [0.1, 0.15) is 11.1 Å². The number of hydrogen-bond acceptors (Lipinski definition) is 1. The summed E-state index contributed by atoms with van der Waals surface area (Å²) in [6, 6.07) is 3.84. The summed E-state index contributed by atoms with van der Waals surface area (Å²) in [6.07, 6.45) is -4.17. The molecule has 0 unspecified atom stereocenters. The van der Waals surface area contributed by atoms with Crippen LogP contribution >= 0.6 is 0 Å². The fourth-order valence-corrected chi connectivity index (χ4v) is 1.42. The van der Waals surface area contributed by atoms with Crippen molar-refractivity contribution in [1.29, 1.82) is 0 Å². The van der Waals surface area contributed by atoms with Crippen LogP contribution in [-0.2, 0) is 12.6 Å². The van der Waals surface area contributed by atoms with E-state index in [1.165, 1.54) is 13.2 Å². The second-order valence-corrected chi connectivity index (χ2v) is 3.13. The molecule has 0 aliphatic heterocycles. The van der Waals surface area contributed by atoms with E-state index in [0.717, 1.165) is 6.07 Å². The summed E-state index contributed by atoms with van der Waals surface area (Å²) in [5, 5.41) is 0. The first kappa shape index (κ1) is 12.4. The lowest BCUT2D eigenvalue weighted by molar-refractivity contribution is -0.138. The zero-order valence-electron chi connectivity index (χ0n) is 8.64. The highest BCUT2D eigenvalue weighted by Gasteiger charge is 2.35. The van der Waals surface area contributed by atoms with E-state index in [9.17, 15) is 13.2 Å². The Morgan fingerprint density at radius 2 is 2.06 bits per heavy atom. The van der Waals surface area contributed by atoms with Crippen molar-refractivity contribution in [3.63, 3.8) is 0 Å². The van der Waals surface area contributed by atoms with Gasteiger partial charge in [0.2, 0.25) is 6.54 Å². The van der Waals surface area contributed by atoms with Crippen molar-refractivity contribution in [3.8, 4) is 5.75 Å². The number of halogens is 3. The highest BCUT2D eigenvalue weighted by molar-refractivity contribution is 5.43. The van der Waals surface area contributed by atoms with Gasteiger partial charge in [0.1, 0.15) is 5.75 Å². The van der Waals surface area contributed by atoms with Gasteiger partial charge in [-0.1, -0.05) is 12.1 Å². The van der Waals surface area contributed by atoms with Gasteiger partial charge in [0.25, 0.3) is 0 Å². The summed E-state index contributed by atoms with van der Waals surface area (Å²) < 4.78 is 42.6. The predicted molar refractivity (Wildman–Crippen MR) is 53.2 cm³/mol. The van der Waals surface area contributed by atoms with Crippen LogP contribution in [0.5, 0.6) is 5.75 Å². The number of rotatable bonds is 3. The van der Waals surface area contributed by atoms with Crippen LogP contribution in [0, 0.1) is 6.57 Å². The minimum Gasteiger partial charge on any atom is -0.496 e. The Kier molecular flexibility index (Phi) is 3.78. The van der Waals surface area contributed by atoms with Gasteiger partial charge in [-0.3, -0.25) is 0 Å². The van der Waals surface area contributed by atoms with Crippen LogP contribution < -0.4 is 4.74 Å². The monoisotopic (exact) mass is 229 g/mol. The molecule has 0 spiro atoms. The molecule has 0 saturated heterocycles. The van der Waals surface area contributed by atoms with Gasteiger partial charge < -0.3 is 9.58 Å². The Balaban J connectivity index is 3.17. The van der Waals surface area contributed by atoms with E-state index in [2.05, 4.69) is 4.85 Å². The second kappa shape index (κ2) is 4.88. The molecule has 5 heteroatoms. The topological polar surface area (TPSA) is 13.6 Å². The first-order chi connectivity index (χ1) is 7.50. The van der Waals surface area contributed by atoms with Gasteiger partial charge in [0.05, 0.1) is 12.7 Å². The average molecular weight is 229 g/mol. The summed E-state index contributed by atoms with van der Waals surface area (Å²) in [6.45, 7) is 6.77. The maximum Gasteiger partial charge on any atom is 0.419 e. The molecular weight excluding hydrogens is 219 g/mol. The van der Waals surface area contributed by atoms with Crippen molar-refractivity contribution in [1.82, 2.24) is 0 Å². The molecule has 0 radical (unpaired) electrons. The van der Waals surface area contributed by atoms with E-state index < -0.39 is 11.7 Å². The highest BCUT2D eigenvalue weighted by atomic mass is 19.4. The maximum absolute atomic E-state index is 12.6. The molecule has 0 bridgehead atoms. The van der Waals surface area contributed by atoms with Gasteiger partial charge in [-0.15, -0.1) is 0 Å².